The summed E-state index contributed by atoms with van der Waals surface area (Å²) in [6.07, 6.45) is 0. The van der Waals surface area contributed by atoms with Crippen molar-refractivity contribution in [2.75, 3.05) is 7.05 Å². The molecule has 1 amide bonds. The molecule has 5 heteroatoms. The molecule has 94 valence electrons. The Morgan fingerprint density at radius 3 is 2.12 bits per heavy atom. The molecule has 0 bridgehead atoms. The van der Waals surface area contributed by atoms with Gasteiger partial charge in [0.15, 0.2) is 0 Å². The monoisotopic (exact) mass is 246 g/mol. The Kier molecular flexibility index (Phi) is 5.86. The summed E-state index contributed by atoms with van der Waals surface area (Å²) in [5, 5.41) is 15.7. The number of carbonyl (C=O) groups excluding carboxylic acids is 1. The standard InChI is InChI=1S/C11H22N2O2S/c1-7(2)16-10(13-15)8(9(14)12-6)11(3,4)5/h7-8,15H,1-6H3,(H,12,14). The van der Waals surface area contributed by atoms with E-state index in [9.17, 15) is 4.79 Å². The maximum atomic E-state index is 11.8. The van der Waals surface area contributed by atoms with E-state index in [0.29, 0.717) is 5.04 Å². The van der Waals surface area contributed by atoms with Crippen LogP contribution in [0.4, 0.5) is 0 Å². The summed E-state index contributed by atoms with van der Waals surface area (Å²) in [5.74, 6) is -0.539. The SMILES string of the molecule is CNC(=O)C(C(=NO)SC(C)C)C(C)(C)C. The molecule has 0 aliphatic heterocycles. The van der Waals surface area contributed by atoms with Crippen LogP contribution in [0.15, 0.2) is 5.16 Å². The third-order valence-corrected chi connectivity index (χ3v) is 3.11. The van der Waals surface area contributed by atoms with Crippen LogP contribution in [0.25, 0.3) is 0 Å². The van der Waals surface area contributed by atoms with Crippen molar-refractivity contribution in [3.05, 3.63) is 0 Å². The maximum absolute atomic E-state index is 11.8. The van der Waals surface area contributed by atoms with E-state index in [1.807, 2.05) is 34.6 Å². The molecule has 0 radical (unpaired) electrons. The molecule has 0 aliphatic carbocycles. The zero-order valence-electron chi connectivity index (χ0n) is 10.9. The highest BCUT2D eigenvalue weighted by Crippen LogP contribution is 2.32. The highest BCUT2D eigenvalue weighted by molar-refractivity contribution is 8.14. The predicted molar refractivity (Wildman–Crippen MR) is 69.0 cm³/mol. The summed E-state index contributed by atoms with van der Waals surface area (Å²) in [6, 6.07) is 0. The zero-order valence-corrected chi connectivity index (χ0v) is 11.7. The Balaban J connectivity index is 5.09. The van der Waals surface area contributed by atoms with Gasteiger partial charge in [0.2, 0.25) is 5.91 Å². The minimum atomic E-state index is -0.421. The van der Waals surface area contributed by atoms with Gasteiger partial charge in [-0.05, 0) is 5.41 Å². The second-order valence-electron chi connectivity index (χ2n) is 5.02. The van der Waals surface area contributed by atoms with E-state index in [0.717, 1.165) is 0 Å². The van der Waals surface area contributed by atoms with E-state index in [1.165, 1.54) is 11.8 Å². The van der Waals surface area contributed by atoms with E-state index < -0.39 is 5.92 Å². The van der Waals surface area contributed by atoms with Crippen LogP contribution in [0.1, 0.15) is 34.6 Å². The normalized spacial score (nSPS) is 15.1. The lowest BCUT2D eigenvalue weighted by Crippen LogP contribution is -2.40. The fourth-order valence-corrected chi connectivity index (χ4v) is 2.54. The highest BCUT2D eigenvalue weighted by atomic mass is 32.2. The third-order valence-electron chi connectivity index (χ3n) is 2.08. The maximum Gasteiger partial charge on any atom is 0.230 e. The van der Waals surface area contributed by atoms with Crippen LogP contribution in [0.3, 0.4) is 0 Å². The van der Waals surface area contributed by atoms with Crippen LogP contribution in [0.2, 0.25) is 0 Å². The number of nitrogens with zero attached hydrogens (tertiary/aromatic N) is 1. The first-order chi connectivity index (χ1) is 7.23. The molecule has 0 saturated heterocycles. The first-order valence-corrected chi connectivity index (χ1v) is 6.22. The van der Waals surface area contributed by atoms with Crippen molar-refractivity contribution in [1.29, 1.82) is 0 Å². The average molecular weight is 246 g/mol. The van der Waals surface area contributed by atoms with Gasteiger partial charge < -0.3 is 10.5 Å². The topological polar surface area (TPSA) is 61.7 Å². The van der Waals surface area contributed by atoms with Crippen LogP contribution < -0.4 is 5.32 Å². The van der Waals surface area contributed by atoms with Crippen LogP contribution in [0, 0.1) is 11.3 Å². The molecule has 1 unspecified atom stereocenters. The first-order valence-electron chi connectivity index (χ1n) is 5.34. The summed E-state index contributed by atoms with van der Waals surface area (Å²) in [5.41, 5.74) is -0.274. The van der Waals surface area contributed by atoms with Gasteiger partial charge >= 0.3 is 0 Å². The summed E-state index contributed by atoms with van der Waals surface area (Å²) < 4.78 is 0. The molecule has 0 aliphatic rings. The lowest BCUT2D eigenvalue weighted by Gasteiger charge is -2.29. The first kappa shape index (κ1) is 15.3. The molecule has 0 rings (SSSR count). The summed E-state index contributed by atoms with van der Waals surface area (Å²) >= 11 is 1.42. The molecule has 0 saturated carbocycles. The third kappa shape index (κ3) is 4.43. The van der Waals surface area contributed by atoms with Gasteiger partial charge in [-0.2, -0.15) is 0 Å². The van der Waals surface area contributed by atoms with Crippen molar-refractivity contribution in [1.82, 2.24) is 5.32 Å². The molecule has 4 nitrogen and oxygen atoms in total. The Morgan fingerprint density at radius 2 is 1.88 bits per heavy atom. The fourth-order valence-electron chi connectivity index (χ4n) is 1.41. The number of thioether (sulfide) groups is 1. The molecule has 1 atom stereocenters. The van der Waals surface area contributed by atoms with Gasteiger partial charge in [0.05, 0.1) is 5.92 Å². The van der Waals surface area contributed by atoms with Crippen molar-refractivity contribution < 1.29 is 10.0 Å². The largest absolute Gasteiger partial charge is 0.410 e. The van der Waals surface area contributed by atoms with Crippen LogP contribution >= 0.6 is 11.8 Å². The van der Waals surface area contributed by atoms with Crippen molar-refractivity contribution >= 4 is 22.7 Å². The van der Waals surface area contributed by atoms with Crippen LogP contribution in [0.5, 0.6) is 0 Å². The number of amides is 1. The van der Waals surface area contributed by atoms with Gasteiger partial charge in [-0.25, -0.2) is 0 Å². The molecule has 16 heavy (non-hydrogen) atoms. The van der Waals surface area contributed by atoms with Gasteiger partial charge in [-0.3, -0.25) is 4.79 Å². The molecule has 0 fully saturated rings. The number of nitrogens with one attached hydrogen (secondary N) is 1. The van der Waals surface area contributed by atoms with Gasteiger partial charge in [0.25, 0.3) is 0 Å². The van der Waals surface area contributed by atoms with E-state index >= 15 is 0 Å². The Morgan fingerprint density at radius 1 is 1.38 bits per heavy atom. The van der Waals surface area contributed by atoms with E-state index in [2.05, 4.69) is 10.5 Å². The quantitative estimate of drug-likeness (QED) is 0.348. The minimum Gasteiger partial charge on any atom is -0.410 e. The molecular weight excluding hydrogens is 224 g/mol. The number of carbonyl (C=O) groups is 1. The summed E-state index contributed by atoms with van der Waals surface area (Å²) in [4.78, 5) is 11.8. The molecule has 2 N–H and O–H groups in total. The van der Waals surface area contributed by atoms with E-state index in [4.69, 9.17) is 5.21 Å². The lowest BCUT2D eigenvalue weighted by molar-refractivity contribution is -0.124. The minimum absolute atomic E-state index is 0.117. The van der Waals surface area contributed by atoms with E-state index in [1.54, 1.807) is 7.05 Å². The number of hydrogen-bond acceptors (Lipinski definition) is 4. The van der Waals surface area contributed by atoms with Crippen molar-refractivity contribution in [2.24, 2.45) is 16.5 Å². The molecule has 0 aromatic rings. The van der Waals surface area contributed by atoms with Crippen molar-refractivity contribution in [3.63, 3.8) is 0 Å². The fraction of sp³-hybridized carbons (Fsp3) is 0.818. The number of rotatable bonds is 3. The molecule has 0 spiro atoms. The van der Waals surface area contributed by atoms with Gasteiger partial charge in [-0.1, -0.05) is 39.8 Å². The lowest BCUT2D eigenvalue weighted by atomic mass is 9.80. The summed E-state index contributed by atoms with van der Waals surface area (Å²) in [6.45, 7) is 9.87. The zero-order chi connectivity index (χ0) is 12.9. The van der Waals surface area contributed by atoms with Gasteiger partial charge in [-0.15, -0.1) is 11.8 Å². The van der Waals surface area contributed by atoms with Gasteiger partial charge in [0, 0.05) is 12.3 Å². The molecule has 0 aromatic carbocycles. The number of oxime groups is 1. The van der Waals surface area contributed by atoms with Crippen molar-refractivity contribution in [3.8, 4) is 0 Å². The number of hydrogen-bond donors (Lipinski definition) is 2. The Labute approximate surface area is 102 Å². The molecule has 0 heterocycles. The Bertz CT molecular complexity index is 270. The second-order valence-corrected chi connectivity index (χ2v) is 6.61. The summed E-state index contributed by atoms with van der Waals surface area (Å²) in [7, 11) is 1.59. The van der Waals surface area contributed by atoms with Crippen molar-refractivity contribution in [2.45, 2.75) is 39.9 Å². The molecule has 0 aromatic heterocycles. The smallest absolute Gasteiger partial charge is 0.230 e. The average Bonchev–Trinajstić information content (AvgIpc) is 2.13. The second kappa shape index (κ2) is 6.13. The van der Waals surface area contributed by atoms with E-state index in [-0.39, 0.29) is 16.6 Å². The van der Waals surface area contributed by atoms with Crippen LogP contribution in [-0.4, -0.2) is 28.5 Å². The van der Waals surface area contributed by atoms with Gasteiger partial charge in [0.1, 0.15) is 5.04 Å². The Hall–Kier alpha value is -0.710. The molecular formula is C11H22N2O2S. The predicted octanol–water partition coefficient (Wildman–Crippen LogP) is 2.32. The van der Waals surface area contributed by atoms with Crippen LogP contribution in [-0.2, 0) is 4.79 Å². The highest BCUT2D eigenvalue weighted by Gasteiger charge is 2.36.